The first-order valence-corrected chi connectivity index (χ1v) is 10.7. The zero-order chi connectivity index (χ0) is 22.1. The molecule has 0 radical (unpaired) electrons. The monoisotopic (exact) mass is 435 g/mol. The van der Waals surface area contributed by atoms with E-state index in [9.17, 15) is 4.79 Å². The van der Waals surface area contributed by atoms with Gasteiger partial charge in [0.15, 0.2) is 12.0 Å². The van der Waals surface area contributed by atoms with Crippen LogP contribution in [0.25, 0.3) is 33.1 Å². The van der Waals surface area contributed by atoms with Crippen LogP contribution in [0.5, 0.6) is 0 Å². The number of nitrogens with zero attached hydrogens (tertiary/aromatic N) is 5. The maximum atomic E-state index is 11.3. The predicted molar refractivity (Wildman–Crippen MR) is 120 cm³/mol. The van der Waals surface area contributed by atoms with Crippen LogP contribution in [-0.2, 0) is 16.0 Å². The Morgan fingerprint density at radius 2 is 2.22 bits per heavy atom. The van der Waals surface area contributed by atoms with Crippen molar-refractivity contribution in [3.05, 3.63) is 36.7 Å². The van der Waals surface area contributed by atoms with Gasteiger partial charge in [-0.25, -0.2) is 14.5 Å². The van der Waals surface area contributed by atoms with Crippen molar-refractivity contribution in [1.29, 1.82) is 0 Å². The Balaban J connectivity index is 1.48. The average molecular weight is 435 g/mol. The molecule has 1 aliphatic rings. The van der Waals surface area contributed by atoms with E-state index >= 15 is 0 Å². The van der Waals surface area contributed by atoms with Gasteiger partial charge in [0.05, 0.1) is 17.8 Å². The summed E-state index contributed by atoms with van der Waals surface area (Å²) in [5, 5.41) is 13.3. The fourth-order valence-electron chi connectivity index (χ4n) is 4.11. The van der Waals surface area contributed by atoms with E-state index in [0.717, 1.165) is 53.4 Å². The Hall–Kier alpha value is -3.66. The molecule has 0 spiro atoms. The number of amides is 1. The summed E-state index contributed by atoms with van der Waals surface area (Å²) in [7, 11) is 1.52. The van der Waals surface area contributed by atoms with Gasteiger partial charge < -0.3 is 20.5 Å². The maximum absolute atomic E-state index is 11.3. The van der Waals surface area contributed by atoms with Gasteiger partial charge in [-0.15, -0.1) is 0 Å². The molecule has 0 aliphatic carbocycles. The molecule has 32 heavy (non-hydrogen) atoms. The number of fused-ring (bicyclic) bond motifs is 3. The fourth-order valence-corrected chi connectivity index (χ4v) is 4.11. The van der Waals surface area contributed by atoms with E-state index in [4.69, 9.17) is 15.2 Å². The lowest BCUT2D eigenvalue weighted by Crippen LogP contribution is -2.21. The van der Waals surface area contributed by atoms with Gasteiger partial charge in [-0.1, -0.05) is 12.1 Å². The van der Waals surface area contributed by atoms with Crippen LogP contribution in [0.15, 0.2) is 36.7 Å². The number of pyridine rings is 1. The SMILES string of the molecule is CNC(=O)OCCn1cc2c(n1)c(N)nc1cc(-c3ccnn3C3CCCCO3)ccc12. The lowest BCUT2D eigenvalue weighted by Gasteiger charge is -2.24. The first-order valence-electron chi connectivity index (χ1n) is 10.7. The van der Waals surface area contributed by atoms with Crippen molar-refractivity contribution in [2.45, 2.75) is 32.0 Å². The summed E-state index contributed by atoms with van der Waals surface area (Å²) in [5.41, 5.74) is 9.63. The Morgan fingerprint density at radius 1 is 1.31 bits per heavy atom. The third-order valence-corrected chi connectivity index (χ3v) is 5.69. The first-order chi connectivity index (χ1) is 15.6. The molecule has 1 atom stereocenters. The van der Waals surface area contributed by atoms with Crippen molar-refractivity contribution in [1.82, 2.24) is 29.9 Å². The van der Waals surface area contributed by atoms with Crippen molar-refractivity contribution in [3.63, 3.8) is 0 Å². The minimum absolute atomic E-state index is 0.0415. The summed E-state index contributed by atoms with van der Waals surface area (Å²) in [4.78, 5) is 15.8. The van der Waals surface area contributed by atoms with E-state index in [0.29, 0.717) is 17.9 Å². The lowest BCUT2D eigenvalue weighted by molar-refractivity contribution is -0.0383. The van der Waals surface area contributed by atoms with E-state index in [1.807, 2.05) is 29.1 Å². The molecule has 1 aliphatic heterocycles. The minimum atomic E-state index is -0.473. The van der Waals surface area contributed by atoms with Gasteiger partial charge in [0.2, 0.25) is 0 Å². The molecule has 0 bridgehead atoms. The van der Waals surface area contributed by atoms with Crippen LogP contribution in [0.1, 0.15) is 25.5 Å². The quantitative estimate of drug-likeness (QED) is 0.494. The molecule has 5 rings (SSSR count). The van der Waals surface area contributed by atoms with Crippen LogP contribution in [0, 0.1) is 0 Å². The Bertz CT molecular complexity index is 1270. The summed E-state index contributed by atoms with van der Waals surface area (Å²) in [6.45, 7) is 1.38. The number of anilines is 1. The standard InChI is InChI=1S/C22H25N7O3/c1-24-22(30)32-11-9-28-13-16-15-6-5-14(12-17(15)26-21(23)20(16)27-28)18-7-8-25-29(18)19-4-2-3-10-31-19/h5-8,12-13,19H,2-4,9-11H2,1H3,(H2,23,26)(H,24,30). The molecule has 1 amide bonds. The number of benzene rings is 1. The second-order valence-corrected chi connectivity index (χ2v) is 7.75. The highest BCUT2D eigenvalue weighted by atomic mass is 16.5. The second kappa shape index (κ2) is 8.46. The fraction of sp³-hybridized carbons (Fsp3) is 0.364. The molecule has 3 aromatic heterocycles. The predicted octanol–water partition coefficient (Wildman–Crippen LogP) is 3.09. The molecule has 4 aromatic rings. The van der Waals surface area contributed by atoms with Gasteiger partial charge in [0, 0.05) is 42.4 Å². The zero-order valence-electron chi connectivity index (χ0n) is 17.8. The number of carbonyl (C=O) groups excluding carboxylic acids is 1. The van der Waals surface area contributed by atoms with Gasteiger partial charge in [0.25, 0.3) is 0 Å². The van der Waals surface area contributed by atoms with Crippen molar-refractivity contribution < 1.29 is 14.3 Å². The number of aromatic nitrogens is 5. The van der Waals surface area contributed by atoms with Crippen molar-refractivity contribution in [3.8, 4) is 11.3 Å². The van der Waals surface area contributed by atoms with Crippen LogP contribution in [0.3, 0.4) is 0 Å². The number of hydrogen-bond donors (Lipinski definition) is 2. The van der Waals surface area contributed by atoms with Crippen LogP contribution >= 0.6 is 0 Å². The summed E-state index contributed by atoms with van der Waals surface area (Å²) in [6, 6.07) is 8.10. The molecule has 10 heteroatoms. The Kier molecular flexibility index (Phi) is 5.36. The number of alkyl carbamates (subject to hydrolysis) is 1. The van der Waals surface area contributed by atoms with Gasteiger partial charge in [0.1, 0.15) is 12.1 Å². The summed E-state index contributed by atoms with van der Waals surface area (Å²) < 4.78 is 14.6. The molecule has 10 nitrogen and oxygen atoms in total. The highest BCUT2D eigenvalue weighted by molar-refractivity contribution is 6.08. The molecule has 1 unspecified atom stereocenters. The van der Waals surface area contributed by atoms with E-state index in [1.54, 1.807) is 10.9 Å². The van der Waals surface area contributed by atoms with E-state index < -0.39 is 6.09 Å². The highest BCUT2D eigenvalue weighted by Gasteiger charge is 2.20. The summed E-state index contributed by atoms with van der Waals surface area (Å²) in [5.74, 6) is 0.361. The number of nitrogens with one attached hydrogen (secondary N) is 1. The maximum Gasteiger partial charge on any atom is 0.406 e. The lowest BCUT2D eigenvalue weighted by atomic mass is 10.1. The van der Waals surface area contributed by atoms with Crippen LogP contribution < -0.4 is 11.1 Å². The smallest absolute Gasteiger partial charge is 0.406 e. The van der Waals surface area contributed by atoms with E-state index in [-0.39, 0.29) is 12.8 Å². The third-order valence-electron chi connectivity index (χ3n) is 5.69. The number of nitrogens with two attached hydrogens (primary N) is 1. The number of ether oxygens (including phenoxy) is 2. The van der Waals surface area contributed by atoms with Gasteiger partial charge in [-0.3, -0.25) is 4.68 Å². The van der Waals surface area contributed by atoms with Crippen LogP contribution in [0.4, 0.5) is 10.6 Å². The van der Waals surface area contributed by atoms with E-state index in [2.05, 4.69) is 26.6 Å². The van der Waals surface area contributed by atoms with Gasteiger partial charge >= 0.3 is 6.09 Å². The summed E-state index contributed by atoms with van der Waals surface area (Å²) in [6.07, 6.45) is 6.37. The number of carbonyl (C=O) groups is 1. The van der Waals surface area contributed by atoms with Crippen LogP contribution in [0.2, 0.25) is 0 Å². The topological polar surface area (TPSA) is 122 Å². The van der Waals surface area contributed by atoms with Crippen molar-refractivity contribution >= 4 is 33.7 Å². The van der Waals surface area contributed by atoms with Gasteiger partial charge in [-0.05, 0) is 31.4 Å². The molecule has 1 fully saturated rings. The minimum Gasteiger partial charge on any atom is -0.448 e. The zero-order valence-corrected chi connectivity index (χ0v) is 17.8. The molecular formula is C22H25N7O3. The Morgan fingerprint density at radius 3 is 3.03 bits per heavy atom. The van der Waals surface area contributed by atoms with Crippen molar-refractivity contribution in [2.75, 3.05) is 26.0 Å². The molecule has 1 saturated heterocycles. The molecule has 1 aromatic carbocycles. The van der Waals surface area contributed by atoms with E-state index in [1.165, 1.54) is 7.05 Å². The highest BCUT2D eigenvalue weighted by Crippen LogP contribution is 2.32. The largest absolute Gasteiger partial charge is 0.448 e. The van der Waals surface area contributed by atoms with Crippen LogP contribution in [-0.4, -0.2) is 50.9 Å². The molecule has 0 saturated carbocycles. The summed E-state index contributed by atoms with van der Waals surface area (Å²) >= 11 is 0. The number of hydrogen-bond acceptors (Lipinski definition) is 7. The normalized spacial score (nSPS) is 16.5. The third kappa shape index (κ3) is 3.73. The van der Waals surface area contributed by atoms with Gasteiger partial charge in [-0.2, -0.15) is 10.2 Å². The number of rotatable bonds is 5. The molecule has 3 N–H and O–H groups in total. The second-order valence-electron chi connectivity index (χ2n) is 7.75. The molecular weight excluding hydrogens is 410 g/mol. The number of nitrogen functional groups attached to an aromatic ring is 1. The first kappa shape index (κ1) is 20.3. The molecule has 4 heterocycles. The average Bonchev–Trinajstić information content (AvgIpc) is 3.47. The Labute approximate surface area is 184 Å². The molecule has 166 valence electrons. The van der Waals surface area contributed by atoms with Crippen molar-refractivity contribution in [2.24, 2.45) is 0 Å².